The van der Waals surface area contributed by atoms with E-state index in [1.807, 2.05) is 30.5 Å². The van der Waals surface area contributed by atoms with Crippen molar-refractivity contribution in [1.29, 1.82) is 0 Å². The highest BCUT2D eigenvalue weighted by molar-refractivity contribution is 5.98. The Morgan fingerprint density at radius 1 is 1.06 bits per heavy atom. The van der Waals surface area contributed by atoms with E-state index in [9.17, 15) is 14.4 Å². The quantitative estimate of drug-likeness (QED) is 0.201. The average Bonchev–Trinajstić information content (AvgIpc) is 3.52. The van der Waals surface area contributed by atoms with Crippen molar-refractivity contribution in [2.75, 3.05) is 0 Å². The van der Waals surface area contributed by atoms with Gasteiger partial charge in [-0.15, -0.1) is 0 Å². The molecule has 0 spiro atoms. The van der Waals surface area contributed by atoms with Crippen LogP contribution >= 0.6 is 0 Å². The van der Waals surface area contributed by atoms with Crippen LogP contribution in [0.1, 0.15) is 47.2 Å². The van der Waals surface area contributed by atoms with Crippen LogP contribution < -0.4 is 16.1 Å². The number of para-hydroxylation sites is 1. The lowest BCUT2D eigenvalue weighted by Gasteiger charge is -2.21. The molecule has 1 aliphatic carbocycles. The van der Waals surface area contributed by atoms with Gasteiger partial charge < -0.3 is 15.6 Å². The third-order valence-corrected chi connectivity index (χ3v) is 6.13. The smallest absolute Gasteiger partial charge is 0.267 e. The molecule has 5 N–H and O–H groups in total. The number of fused-ring (bicyclic) bond motifs is 1. The summed E-state index contributed by atoms with van der Waals surface area (Å²) in [6.45, 7) is 0. The minimum absolute atomic E-state index is 0.150. The van der Waals surface area contributed by atoms with E-state index in [1.54, 1.807) is 24.3 Å². The molecule has 0 saturated heterocycles. The molecule has 34 heavy (non-hydrogen) atoms. The molecular formula is C26H28N4O4. The minimum atomic E-state index is -0.722. The molecule has 4 rings (SSSR count). The van der Waals surface area contributed by atoms with E-state index in [2.05, 4.69) is 15.6 Å². The van der Waals surface area contributed by atoms with Crippen molar-refractivity contribution in [3.05, 3.63) is 77.5 Å². The fourth-order valence-corrected chi connectivity index (χ4v) is 4.30. The number of H-pyrrole nitrogens is 1. The molecule has 8 nitrogen and oxygen atoms in total. The third-order valence-electron chi connectivity index (χ3n) is 6.13. The molecule has 1 aromatic heterocycles. The summed E-state index contributed by atoms with van der Waals surface area (Å²) in [5.74, 6) is -1.18. The molecule has 1 heterocycles. The summed E-state index contributed by atoms with van der Waals surface area (Å²) in [6.07, 6.45) is 9.07. The molecule has 1 fully saturated rings. The van der Waals surface area contributed by atoms with E-state index in [1.165, 1.54) is 17.6 Å². The van der Waals surface area contributed by atoms with Crippen LogP contribution in [-0.2, 0) is 16.0 Å². The van der Waals surface area contributed by atoms with Crippen molar-refractivity contribution in [2.24, 2.45) is 0 Å². The number of hydrogen-bond acceptors (Lipinski definition) is 4. The van der Waals surface area contributed by atoms with Gasteiger partial charge in [-0.25, -0.2) is 5.48 Å². The number of benzene rings is 2. The maximum absolute atomic E-state index is 13.2. The Labute approximate surface area is 197 Å². The highest BCUT2D eigenvalue weighted by Gasteiger charge is 2.26. The van der Waals surface area contributed by atoms with E-state index in [-0.39, 0.29) is 17.9 Å². The summed E-state index contributed by atoms with van der Waals surface area (Å²) in [6, 6.07) is 13.9. The SMILES string of the molecule is O=C(/C=C/c1ccc(C(=O)NC(Cc2c[nH]c3ccccc23)C(=O)NC2CCCC2)cc1)NO. The topological polar surface area (TPSA) is 123 Å². The summed E-state index contributed by atoms with van der Waals surface area (Å²) in [7, 11) is 0. The highest BCUT2D eigenvalue weighted by atomic mass is 16.5. The number of carbonyl (C=O) groups excluding carboxylic acids is 3. The molecule has 8 heteroatoms. The fraction of sp³-hybridized carbons (Fsp3) is 0.269. The fourth-order valence-electron chi connectivity index (χ4n) is 4.30. The first-order valence-corrected chi connectivity index (χ1v) is 11.4. The van der Waals surface area contributed by atoms with Crippen LogP contribution in [0, 0.1) is 0 Å². The highest BCUT2D eigenvalue weighted by Crippen LogP contribution is 2.21. The molecule has 1 atom stereocenters. The Morgan fingerprint density at radius 3 is 2.53 bits per heavy atom. The number of hydroxylamine groups is 1. The molecule has 3 amide bonds. The van der Waals surface area contributed by atoms with Crippen LogP contribution in [0.25, 0.3) is 17.0 Å². The van der Waals surface area contributed by atoms with Gasteiger partial charge in [-0.1, -0.05) is 43.2 Å². The molecule has 0 aliphatic heterocycles. The molecule has 1 unspecified atom stereocenters. The molecule has 176 valence electrons. The molecule has 3 aromatic rings. The number of rotatable bonds is 8. The number of aromatic nitrogens is 1. The maximum Gasteiger partial charge on any atom is 0.267 e. The third kappa shape index (κ3) is 5.71. The van der Waals surface area contributed by atoms with E-state index in [0.29, 0.717) is 17.5 Å². The lowest BCUT2D eigenvalue weighted by molar-refractivity contribution is -0.124. The van der Waals surface area contributed by atoms with Gasteiger partial charge in [0.1, 0.15) is 6.04 Å². The maximum atomic E-state index is 13.2. The van der Waals surface area contributed by atoms with Gasteiger partial charge in [0, 0.05) is 41.2 Å². The number of carbonyl (C=O) groups is 3. The average molecular weight is 461 g/mol. The van der Waals surface area contributed by atoms with Crippen LogP contribution in [0.3, 0.4) is 0 Å². The number of hydrogen-bond donors (Lipinski definition) is 5. The molecule has 1 saturated carbocycles. The number of nitrogens with one attached hydrogen (secondary N) is 4. The van der Waals surface area contributed by atoms with Gasteiger partial charge in [0.25, 0.3) is 11.8 Å². The van der Waals surface area contributed by atoms with Gasteiger partial charge in [0.05, 0.1) is 0 Å². The summed E-state index contributed by atoms with van der Waals surface area (Å²) in [4.78, 5) is 40.5. The predicted molar refractivity (Wildman–Crippen MR) is 129 cm³/mol. The van der Waals surface area contributed by atoms with E-state index < -0.39 is 11.9 Å². The number of amides is 3. The van der Waals surface area contributed by atoms with Crippen LogP contribution in [-0.4, -0.2) is 40.0 Å². The Bertz CT molecular complexity index is 1190. The van der Waals surface area contributed by atoms with Gasteiger partial charge in [0.15, 0.2) is 0 Å². The Hall–Kier alpha value is -3.91. The molecular weight excluding hydrogens is 432 g/mol. The summed E-state index contributed by atoms with van der Waals surface area (Å²) in [5, 5.41) is 15.6. The van der Waals surface area contributed by atoms with Crippen molar-refractivity contribution in [3.8, 4) is 0 Å². The second-order valence-corrected chi connectivity index (χ2v) is 8.51. The lowest BCUT2D eigenvalue weighted by atomic mass is 10.0. The predicted octanol–water partition coefficient (Wildman–Crippen LogP) is 3.09. The first kappa shape index (κ1) is 23.3. The zero-order valence-corrected chi connectivity index (χ0v) is 18.7. The van der Waals surface area contributed by atoms with Gasteiger partial charge in [0.2, 0.25) is 5.91 Å². The van der Waals surface area contributed by atoms with E-state index in [4.69, 9.17) is 5.21 Å². The van der Waals surface area contributed by atoms with E-state index in [0.717, 1.165) is 42.1 Å². The second kappa shape index (κ2) is 10.8. The Kier molecular flexibility index (Phi) is 7.39. The normalized spacial score (nSPS) is 14.9. The summed E-state index contributed by atoms with van der Waals surface area (Å²) >= 11 is 0. The summed E-state index contributed by atoms with van der Waals surface area (Å²) < 4.78 is 0. The Morgan fingerprint density at radius 2 is 1.79 bits per heavy atom. The van der Waals surface area contributed by atoms with Crippen LogP contribution in [0.5, 0.6) is 0 Å². The minimum Gasteiger partial charge on any atom is -0.361 e. The van der Waals surface area contributed by atoms with Crippen LogP contribution in [0.4, 0.5) is 0 Å². The first-order chi connectivity index (χ1) is 16.5. The van der Waals surface area contributed by atoms with Gasteiger partial charge in [-0.05, 0) is 48.2 Å². The van der Waals surface area contributed by atoms with Crippen molar-refractivity contribution in [1.82, 2.24) is 21.1 Å². The van der Waals surface area contributed by atoms with Gasteiger partial charge in [-0.2, -0.15) is 0 Å². The largest absolute Gasteiger partial charge is 0.361 e. The van der Waals surface area contributed by atoms with Crippen molar-refractivity contribution in [2.45, 2.75) is 44.2 Å². The van der Waals surface area contributed by atoms with Crippen molar-refractivity contribution < 1.29 is 19.6 Å². The first-order valence-electron chi connectivity index (χ1n) is 11.4. The van der Waals surface area contributed by atoms with Crippen molar-refractivity contribution >= 4 is 34.7 Å². The van der Waals surface area contributed by atoms with Gasteiger partial charge in [-0.3, -0.25) is 19.6 Å². The number of aromatic amines is 1. The Balaban J connectivity index is 1.50. The summed E-state index contributed by atoms with van der Waals surface area (Å²) in [5.41, 5.74) is 4.56. The second-order valence-electron chi connectivity index (χ2n) is 8.51. The zero-order valence-electron chi connectivity index (χ0n) is 18.7. The molecule has 1 aliphatic rings. The lowest BCUT2D eigenvalue weighted by Crippen LogP contribution is -2.50. The van der Waals surface area contributed by atoms with E-state index >= 15 is 0 Å². The molecule has 0 radical (unpaired) electrons. The molecule has 2 aromatic carbocycles. The monoisotopic (exact) mass is 460 g/mol. The van der Waals surface area contributed by atoms with Crippen LogP contribution in [0.15, 0.2) is 60.8 Å². The van der Waals surface area contributed by atoms with Gasteiger partial charge >= 0.3 is 0 Å². The zero-order chi connectivity index (χ0) is 23.9. The molecule has 0 bridgehead atoms. The van der Waals surface area contributed by atoms with Crippen LogP contribution in [0.2, 0.25) is 0 Å². The van der Waals surface area contributed by atoms with Crippen molar-refractivity contribution in [3.63, 3.8) is 0 Å². The standard InChI is InChI=1S/C26H28N4O4/c31-24(30-34)14-11-17-9-12-18(13-10-17)25(32)29-23(26(33)28-20-5-1-2-6-20)15-19-16-27-22-8-4-3-7-21(19)22/h3-4,7-14,16,20,23,27,34H,1-2,5-6,15H2,(H,28,33)(H,29,32)(H,30,31)/b14-11+.